The number of para-hydroxylation sites is 1. The Hall–Kier alpha value is -1.40. The largest absolute Gasteiger partial charge is 0.325 e. The molecule has 0 aliphatic carbocycles. The normalized spacial score (nSPS) is 21.3. The van der Waals surface area contributed by atoms with Gasteiger partial charge in [-0.05, 0) is 30.9 Å². The number of rotatable bonds is 3. The van der Waals surface area contributed by atoms with Crippen LogP contribution in [-0.2, 0) is 20.2 Å². The molecule has 5 nitrogen and oxygen atoms in total. The number of amides is 1. The summed E-state index contributed by atoms with van der Waals surface area (Å²) in [4.78, 5) is 12.4. The van der Waals surface area contributed by atoms with Crippen molar-refractivity contribution in [2.75, 3.05) is 24.2 Å². The zero-order chi connectivity index (χ0) is 15.1. The predicted molar refractivity (Wildman–Crippen MR) is 81.6 cm³/mol. The fraction of sp³-hybridized carbons (Fsp3) is 0.533. The van der Waals surface area contributed by atoms with Gasteiger partial charge in [-0.3, -0.25) is 4.79 Å². The number of piperidine rings is 1. The maximum absolute atomic E-state index is 12.4. The zero-order valence-corrected chi connectivity index (χ0v) is 12.9. The van der Waals surface area contributed by atoms with Crippen molar-refractivity contribution in [2.24, 2.45) is 0 Å². The van der Waals surface area contributed by atoms with Gasteiger partial charge in [0, 0.05) is 18.8 Å². The smallest absolute Gasteiger partial charge is 0.235 e. The van der Waals surface area contributed by atoms with Crippen molar-refractivity contribution in [2.45, 2.75) is 31.6 Å². The first-order chi connectivity index (χ1) is 9.99. The number of fused-ring (bicyclic) bond motifs is 2. The van der Waals surface area contributed by atoms with Crippen molar-refractivity contribution in [3.8, 4) is 0 Å². The summed E-state index contributed by atoms with van der Waals surface area (Å²) in [5, 5.41) is 2.93. The molecule has 1 aromatic carbocycles. The molecule has 3 rings (SSSR count). The highest BCUT2D eigenvalue weighted by molar-refractivity contribution is 7.89. The molecule has 1 amide bonds. The van der Waals surface area contributed by atoms with Gasteiger partial charge in [-0.25, -0.2) is 12.7 Å². The maximum Gasteiger partial charge on any atom is 0.235 e. The third-order valence-electron chi connectivity index (χ3n) is 4.56. The second-order valence-corrected chi connectivity index (χ2v) is 7.89. The fourth-order valence-corrected chi connectivity index (χ4v) is 4.92. The van der Waals surface area contributed by atoms with Gasteiger partial charge in [0.15, 0.2) is 0 Å². The van der Waals surface area contributed by atoms with Gasteiger partial charge in [0.2, 0.25) is 15.9 Å². The number of benzene rings is 1. The second kappa shape index (κ2) is 5.10. The number of hydrogen-bond donors (Lipinski definition) is 1. The van der Waals surface area contributed by atoms with E-state index in [1.165, 1.54) is 4.31 Å². The molecule has 1 fully saturated rings. The molecule has 2 aliphatic rings. The number of hydrogen-bond acceptors (Lipinski definition) is 3. The molecule has 0 radical (unpaired) electrons. The Morgan fingerprint density at radius 2 is 1.90 bits per heavy atom. The topological polar surface area (TPSA) is 66.5 Å². The van der Waals surface area contributed by atoms with Crippen LogP contribution in [0.3, 0.4) is 0 Å². The quantitative estimate of drug-likeness (QED) is 0.924. The highest BCUT2D eigenvalue weighted by atomic mass is 32.2. The highest BCUT2D eigenvalue weighted by Crippen LogP contribution is 2.45. The highest BCUT2D eigenvalue weighted by Gasteiger charge is 2.49. The molecule has 1 N–H and O–H groups in total. The van der Waals surface area contributed by atoms with Gasteiger partial charge in [0.25, 0.3) is 0 Å². The SMILES string of the molecule is CCCS(=O)(=O)N1CCC2(CC1)C(=O)Nc1ccccc12. The first kappa shape index (κ1) is 14.5. The summed E-state index contributed by atoms with van der Waals surface area (Å²) in [6, 6.07) is 7.71. The van der Waals surface area contributed by atoms with E-state index in [4.69, 9.17) is 0 Å². The minimum Gasteiger partial charge on any atom is -0.325 e. The lowest BCUT2D eigenvalue weighted by atomic mass is 9.74. The summed E-state index contributed by atoms with van der Waals surface area (Å²) in [5.41, 5.74) is 1.34. The van der Waals surface area contributed by atoms with Crippen molar-refractivity contribution in [1.82, 2.24) is 4.31 Å². The second-order valence-electron chi connectivity index (χ2n) is 5.80. The molecule has 1 saturated heterocycles. The van der Waals surface area contributed by atoms with Gasteiger partial charge in [0.1, 0.15) is 0 Å². The molecule has 2 aliphatic heterocycles. The molecule has 21 heavy (non-hydrogen) atoms. The van der Waals surface area contributed by atoms with Crippen LogP contribution in [-0.4, -0.2) is 37.5 Å². The standard InChI is InChI=1S/C15H20N2O3S/c1-2-11-21(19,20)17-9-7-15(8-10-17)12-5-3-4-6-13(12)16-14(15)18/h3-6H,2,7-11H2,1H3,(H,16,18). The molecule has 0 aromatic heterocycles. The van der Waals surface area contributed by atoms with Crippen LogP contribution in [0.15, 0.2) is 24.3 Å². The van der Waals surface area contributed by atoms with Crippen molar-refractivity contribution in [3.05, 3.63) is 29.8 Å². The molecule has 0 unspecified atom stereocenters. The molecule has 1 spiro atoms. The first-order valence-corrected chi connectivity index (χ1v) is 8.99. The Labute approximate surface area is 125 Å². The Morgan fingerprint density at radius 3 is 2.57 bits per heavy atom. The van der Waals surface area contributed by atoms with Gasteiger partial charge >= 0.3 is 0 Å². The third kappa shape index (κ3) is 2.26. The van der Waals surface area contributed by atoms with Gasteiger partial charge in [0.05, 0.1) is 11.2 Å². The lowest BCUT2D eigenvalue weighted by Crippen LogP contribution is -2.48. The molecule has 0 atom stereocenters. The van der Waals surface area contributed by atoms with E-state index in [0.29, 0.717) is 32.4 Å². The van der Waals surface area contributed by atoms with E-state index in [-0.39, 0.29) is 11.7 Å². The molecule has 1 aromatic rings. The van der Waals surface area contributed by atoms with Gasteiger partial charge in [-0.15, -0.1) is 0 Å². The van der Waals surface area contributed by atoms with Crippen LogP contribution in [0.1, 0.15) is 31.7 Å². The summed E-state index contributed by atoms with van der Waals surface area (Å²) in [7, 11) is -3.17. The van der Waals surface area contributed by atoms with Crippen LogP contribution in [0.25, 0.3) is 0 Å². The summed E-state index contributed by atoms with van der Waals surface area (Å²) in [6.45, 7) is 2.71. The van der Waals surface area contributed by atoms with Crippen LogP contribution in [0.4, 0.5) is 5.69 Å². The first-order valence-electron chi connectivity index (χ1n) is 7.38. The van der Waals surface area contributed by atoms with E-state index in [2.05, 4.69) is 5.32 Å². The van der Waals surface area contributed by atoms with Crippen molar-refractivity contribution >= 4 is 21.6 Å². The molecule has 114 valence electrons. The number of nitrogens with zero attached hydrogens (tertiary/aromatic N) is 1. The Bertz CT molecular complexity index is 661. The van der Waals surface area contributed by atoms with Crippen molar-refractivity contribution in [1.29, 1.82) is 0 Å². The summed E-state index contributed by atoms with van der Waals surface area (Å²) < 4.78 is 25.8. The zero-order valence-electron chi connectivity index (χ0n) is 12.1. The molecular weight excluding hydrogens is 288 g/mol. The van der Waals surface area contributed by atoms with Crippen LogP contribution in [0.2, 0.25) is 0 Å². The van der Waals surface area contributed by atoms with E-state index in [9.17, 15) is 13.2 Å². The van der Waals surface area contributed by atoms with E-state index < -0.39 is 15.4 Å². The monoisotopic (exact) mass is 308 g/mol. The van der Waals surface area contributed by atoms with E-state index >= 15 is 0 Å². The van der Waals surface area contributed by atoms with Gasteiger partial charge < -0.3 is 5.32 Å². The van der Waals surface area contributed by atoms with Gasteiger partial charge in [-0.2, -0.15) is 0 Å². The Balaban J connectivity index is 1.84. The summed E-state index contributed by atoms with van der Waals surface area (Å²) >= 11 is 0. The number of anilines is 1. The number of carbonyl (C=O) groups is 1. The molecule has 0 bridgehead atoms. The minimum atomic E-state index is -3.17. The van der Waals surface area contributed by atoms with Crippen LogP contribution in [0.5, 0.6) is 0 Å². The molecule has 0 saturated carbocycles. The lowest BCUT2D eigenvalue weighted by molar-refractivity contribution is -0.122. The van der Waals surface area contributed by atoms with E-state index in [1.54, 1.807) is 0 Å². The van der Waals surface area contributed by atoms with Crippen molar-refractivity contribution < 1.29 is 13.2 Å². The van der Waals surface area contributed by atoms with E-state index in [0.717, 1.165) is 11.3 Å². The fourth-order valence-electron chi connectivity index (χ4n) is 3.40. The minimum absolute atomic E-state index is 0.0104. The van der Waals surface area contributed by atoms with Gasteiger partial charge in [-0.1, -0.05) is 25.1 Å². The van der Waals surface area contributed by atoms with Crippen molar-refractivity contribution in [3.63, 3.8) is 0 Å². The molecule has 6 heteroatoms. The maximum atomic E-state index is 12.4. The summed E-state index contributed by atoms with van der Waals surface area (Å²) in [6.07, 6.45) is 1.73. The number of sulfonamides is 1. The number of nitrogens with one attached hydrogen (secondary N) is 1. The van der Waals surface area contributed by atoms with Crippen LogP contribution in [0, 0.1) is 0 Å². The Kier molecular flexibility index (Phi) is 3.53. The predicted octanol–water partition coefficient (Wildman–Crippen LogP) is 1.71. The summed E-state index contributed by atoms with van der Waals surface area (Å²) in [5.74, 6) is 0.194. The lowest BCUT2D eigenvalue weighted by Gasteiger charge is -2.37. The Morgan fingerprint density at radius 1 is 1.24 bits per heavy atom. The number of carbonyl (C=O) groups excluding carboxylic acids is 1. The van der Waals surface area contributed by atoms with E-state index in [1.807, 2.05) is 31.2 Å². The van der Waals surface area contributed by atoms with Crippen LogP contribution < -0.4 is 5.32 Å². The third-order valence-corrected chi connectivity index (χ3v) is 6.63. The molecule has 2 heterocycles. The average molecular weight is 308 g/mol. The average Bonchev–Trinajstić information content (AvgIpc) is 2.73. The molecular formula is C15H20N2O3S. The van der Waals surface area contributed by atoms with Crippen LogP contribution >= 0.6 is 0 Å².